The van der Waals surface area contributed by atoms with Crippen LogP contribution >= 0.6 is 0 Å². The molecule has 1 heterocycles. The predicted molar refractivity (Wildman–Crippen MR) is 84.8 cm³/mol. The maximum Gasteiger partial charge on any atom is 0.216 e. The Morgan fingerprint density at radius 1 is 1.29 bits per heavy atom. The van der Waals surface area contributed by atoms with Crippen LogP contribution in [0.25, 0.3) is 0 Å². The highest BCUT2D eigenvalue weighted by molar-refractivity contribution is 5.72. The number of methoxy groups -OCH3 is 1. The predicted octanol–water partition coefficient (Wildman–Crippen LogP) is 1.52. The minimum absolute atomic E-state index is 0.00781. The molecule has 5 nitrogen and oxygen atoms in total. The SMILES string of the molecule is COc1cc(CNCCNC(C)=O)ccc1N1CCCC1. The number of hydrogen-bond acceptors (Lipinski definition) is 4. The van der Waals surface area contributed by atoms with Crippen molar-refractivity contribution in [2.24, 2.45) is 0 Å². The molecule has 0 unspecified atom stereocenters. The summed E-state index contributed by atoms with van der Waals surface area (Å²) in [6.45, 7) is 5.95. The van der Waals surface area contributed by atoms with Gasteiger partial charge in [0.1, 0.15) is 5.75 Å². The Bertz CT molecular complexity index is 471. The first-order valence-corrected chi connectivity index (χ1v) is 7.57. The van der Waals surface area contributed by atoms with Crippen molar-refractivity contribution in [1.29, 1.82) is 0 Å². The van der Waals surface area contributed by atoms with Crippen LogP contribution in [0.5, 0.6) is 5.75 Å². The lowest BCUT2D eigenvalue weighted by atomic mass is 10.1. The Morgan fingerprint density at radius 2 is 2.05 bits per heavy atom. The van der Waals surface area contributed by atoms with Crippen molar-refractivity contribution < 1.29 is 9.53 Å². The van der Waals surface area contributed by atoms with Gasteiger partial charge in [0, 0.05) is 39.6 Å². The van der Waals surface area contributed by atoms with Gasteiger partial charge in [-0.2, -0.15) is 0 Å². The Labute approximate surface area is 126 Å². The number of carbonyl (C=O) groups excluding carboxylic acids is 1. The van der Waals surface area contributed by atoms with Crippen molar-refractivity contribution in [3.8, 4) is 5.75 Å². The molecule has 0 spiro atoms. The van der Waals surface area contributed by atoms with Crippen LogP contribution in [0.4, 0.5) is 5.69 Å². The number of hydrogen-bond donors (Lipinski definition) is 2. The largest absolute Gasteiger partial charge is 0.495 e. The molecule has 1 aliphatic heterocycles. The molecule has 0 atom stereocenters. The molecule has 1 aromatic rings. The van der Waals surface area contributed by atoms with Gasteiger partial charge in [0.05, 0.1) is 12.8 Å². The summed E-state index contributed by atoms with van der Waals surface area (Å²) in [5, 5.41) is 6.08. The summed E-state index contributed by atoms with van der Waals surface area (Å²) in [6.07, 6.45) is 2.52. The lowest BCUT2D eigenvalue weighted by Gasteiger charge is -2.21. The van der Waals surface area contributed by atoms with Gasteiger partial charge in [-0.25, -0.2) is 0 Å². The fourth-order valence-electron chi connectivity index (χ4n) is 2.61. The quantitative estimate of drug-likeness (QED) is 0.748. The zero-order valence-electron chi connectivity index (χ0n) is 12.9. The highest BCUT2D eigenvalue weighted by atomic mass is 16.5. The summed E-state index contributed by atoms with van der Waals surface area (Å²) in [5.74, 6) is 0.950. The van der Waals surface area contributed by atoms with Gasteiger partial charge in [0.25, 0.3) is 0 Å². The summed E-state index contributed by atoms with van der Waals surface area (Å²) >= 11 is 0. The second kappa shape index (κ2) is 7.88. The third kappa shape index (κ3) is 4.63. The zero-order valence-corrected chi connectivity index (χ0v) is 12.9. The van der Waals surface area contributed by atoms with E-state index in [2.05, 4.69) is 33.7 Å². The fourth-order valence-corrected chi connectivity index (χ4v) is 2.61. The summed E-state index contributed by atoms with van der Waals surface area (Å²) in [6, 6.07) is 6.38. The van der Waals surface area contributed by atoms with E-state index in [4.69, 9.17) is 4.74 Å². The van der Waals surface area contributed by atoms with Gasteiger partial charge < -0.3 is 20.3 Å². The molecular formula is C16H25N3O2. The minimum Gasteiger partial charge on any atom is -0.495 e. The molecule has 0 saturated carbocycles. The van der Waals surface area contributed by atoms with Crippen LogP contribution in [0, 0.1) is 0 Å². The minimum atomic E-state index is 0.00781. The second-order valence-electron chi connectivity index (χ2n) is 5.36. The van der Waals surface area contributed by atoms with Crippen molar-refractivity contribution in [1.82, 2.24) is 10.6 Å². The normalized spacial score (nSPS) is 14.3. The number of ether oxygens (including phenoxy) is 1. The molecule has 1 amide bonds. The van der Waals surface area contributed by atoms with E-state index in [9.17, 15) is 4.79 Å². The summed E-state index contributed by atoms with van der Waals surface area (Å²) < 4.78 is 5.53. The molecule has 21 heavy (non-hydrogen) atoms. The summed E-state index contributed by atoms with van der Waals surface area (Å²) in [5.41, 5.74) is 2.38. The highest BCUT2D eigenvalue weighted by Gasteiger charge is 2.16. The van der Waals surface area contributed by atoms with Gasteiger partial charge >= 0.3 is 0 Å². The van der Waals surface area contributed by atoms with Crippen LogP contribution in [-0.2, 0) is 11.3 Å². The van der Waals surface area contributed by atoms with Crippen LogP contribution in [0.1, 0.15) is 25.3 Å². The highest BCUT2D eigenvalue weighted by Crippen LogP contribution is 2.31. The molecule has 0 aromatic heterocycles. The molecule has 1 saturated heterocycles. The maximum atomic E-state index is 10.8. The average molecular weight is 291 g/mol. The first-order chi connectivity index (χ1) is 10.2. The molecule has 0 aliphatic carbocycles. The lowest BCUT2D eigenvalue weighted by molar-refractivity contribution is -0.118. The van der Waals surface area contributed by atoms with Crippen molar-refractivity contribution >= 4 is 11.6 Å². The fraction of sp³-hybridized carbons (Fsp3) is 0.562. The lowest BCUT2D eigenvalue weighted by Crippen LogP contribution is -2.29. The zero-order chi connectivity index (χ0) is 15.1. The van der Waals surface area contributed by atoms with Gasteiger partial charge in [-0.15, -0.1) is 0 Å². The topological polar surface area (TPSA) is 53.6 Å². The smallest absolute Gasteiger partial charge is 0.216 e. The molecule has 5 heteroatoms. The number of carbonyl (C=O) groups is 1. The first kappa shape index (κ1) is 15.6. The Hall–Kier alpha value is -1.75. The molecule has 1 aromatic carbocycles. The van der Waals surface area contributed by atoms with E-state index in [1.807, 2.05) is 0 Å². The van der Waals surface area contributed by atoms with Crippen molar-refractivity contribution in [3.63, 3.8) is 0 Å². The van der Waals surface area contributed by atoms with Gasteiger partial charge in [0.15, 0.2) is 0 Å². The van der Waals surface area contributed by atoms with Crippen LogP contribution in [0.3, 0.4) is 0 Å². The molecule has 2 rings (SSSR count). The number of nitrogens with zero attached hydrogens (tertiary/aromatic N) is 1. The third-order valence-corrected chi connectivity index (χ3v) is 3.70. The maximum absolute atomic E-state index is 10.8. The van der Waals surface area contributed by atoms with Crippen LogP contribution in [-0.4, -0.2) is 39.2 Å². The van der Waals surface area contributed by atoms with Crippen molar-refractivity contribution in [3.05, 3.63) is 23.8 Å². The third-order valence-electron chi connectivity index (χ3n) is 3.70. The van der Waals surface area contributed by atoms with Crippen molar-refractivity contribution in [2.75, 3.05) is 38.2 Å². The summed E-state index contributed by atoms with van der Waals surface area (Å²) in [7, 11) is 1.73. The van der Waals surface area contributed by atoms with E-state index in [0.717, 1.165) is 31.9 Å². The van der Waals surface area contributed by atoms with Gasteiger partial charge in [0.2, 0.25) is 5.91 Å². The number of amides is 1. The Balaban J connectivity index is 1.87. The first-order valence-electron chi connectivity index (χ1n) is 7.57. The van der Waals surface area contributed by atoms with Gasteiger partial charge in [-0.05, 0) is 30.5 Å². The van der Waals surface area contributed by atoms with E-state index in [-0.39, 0.29) is 5.91 Å². The van der Waals surface area contributed by atoms with Crippen LogP contribution in [0.15, 0.2) is 18.2 Å². The molecule has 0 bridgehead atoms. The molecule has 1 aliphatic rings. The number of anilines is 1. The van der Waals surface area contributed by atoms with Crippen LogP contribution in [0.2, 0.25) is 0 Å². The van der Waals surface area contributed by atoms with E-state index >= 15 is 0 Å². The molecular weight excluding hydrogens is 266 g/mol. The van der Waals surface area contributed by atoms with Gasteiger partial charge in [-0.1, -0.05) is 6.07 Å². The Morgan fingerprint density at radius 3 is 2.71 bits per heavy atom. The van der Waals surface area contributed by atoms with E-state index in [1.54, 1.807) is 7.11 Å². The standard InChI is InChI=1S/C16H25N3O2/c1-13(20)18-8-7-17-12-14-5-6-15(16(11-14)21-2)19-9-3-4-10-19/h5-6,11,17H,3-4,7-10,12H2,1-2H3,(H,18,20). The second-order valence-corrected chi connectivity index (χ2v) is 5.36. The molecule has 0 radical (unpaired) electrons. The molecule has 2 N–H and O–H groups in total. The van der Waals surface area contributed by atoms with E-state index in [1.165, 1.54) is 31.0 Å². The Kier molecular flexibility index (Phi) is 5.87. The van der Waals surface area contributed by atoms with Crippen molar-refractivity contribution in [2.45, 2.75) is 26.3 Å². The van der Waals surface area contributed by atoms with Gasteiger partial charge in [-0.3, -0.25) is 4.79 Å². The molecule has 1 fully saturated rings. The number of benzene rings is 1. The monoisotopic (exact) mass is 291 g/mol. The molecule has 116 valence electrons. The van der Waals surface area contributed by atoms with E-state index < -0.39 is 0 Å². The number of rotatable bonds is 7. The average Bonchev–Trinajstić information content (AvgIpc) is 3.00. The van der Waals surface area contributed by atoms with Crippen LogP contribution < -0.4 is 20.3 Å². The van der Waals surface area contributed by atoms with E-state index in [0.29, 0.717) is 6.54 Å². The number of nitrogens with one attached hydrogen (secondary N) is 2. The summed E-state index contributed by atoms with van der Waals surface area (Å²) in [4.78, 5) is 13.1.